The summed E-state index contributed by atoms with van der Waals surface area (Å²) in [6.07, 6.45) is 0. The molecule has 18 nitrogen and oxygen atoms in total. The van der Waals surface area contributed by atoms with Crippen LogP contribution in [0.15, 0.2) is 59.5 Å². The Morgan fingerprint density at radius 2 is 1.10 bits per heavy atom. The number of nitrogens with two attached hydrogens (primary N) is 1. The summed E-state index contributed by atoms with van der Waals surface area (Å²) in [6.45, 7) is 8.07. The highest BCUT2D eigenvalue weighted by Crippen LogP contribution is 2.41. The number of aryl methyl sites for hydroxylation is 2. The third-order valence-corrected chi connectivity index (χ3v) is 13.9. The van der Waals surface area contributed by atoms with Gasteiger partial charge in [0.05, 0.1) is 17.1 Å². The van der Waals surface area contributed by atoms with Crippen molar-refractivity contribution in [3.8, 4) is 11.5 Å². The molecule has 52 heavy (non-hydrogen) atoms. The lowest BCUT2D eigenvalue weighted by atomic mass is 10.1. The van der Waals surface area contributed by atoms with Gasteiger partial charge in [0, 0.05) is 53.7 Å². The summed E-state index contributed by atoms with van der Waals surface area (Å²) in [5, 5.41) is 32.4. The van der Waals surface area contributed by atoms with Crippen LogP contribution in [0.25, 0.3) is 0 Å². The smallest absolute Gasteiger partial charge is 0.278 e. The van der Waals surface area contributed by atoms with Gasteiger partial charge in [-0.1, -0.05) is 17.7 Å². The highest BCUT2D eigenvalue weighted by molar-refractivity contribution is 7.95. The molecule has 2 aromatic carbocycles. The van der Waals surface area contributed by atoms with E-state index in [-0.39, 0.29) is 61.0 Å². The van der Waals surface area contributed by atoms with Gasteiger partial charge in [-0.05, 0) is 34.6 Å². The lowest BCUT2D eigenvalue weighted by Gasteiger charge is -2.15. The van der Waals surface area contributed by atoms with Crippen molar-refractivity contribution in [1.29, 1.82) is 0 Å². The quantitative estimate of drug-likeness (QED) is 0.161. The number of hydrogen-bond donors (Lipinski definition) is 4. The van der Waals surface area contributed by atoms with Crippen LogP contribution in [0.1, 0.15) is 35.6 Å². The van der Waals surface area contributed by atoms with Crippen molar-refractivity contribution in [1.82, 2.24) is 10.3 Å². The Labute approximate surface area is 304 Å². The standard InChI is InChI=1S/C14H13N3O6S2.C9H11N3O4S2.C6H6O2.CH4/c1-6-4-9(16-23-6)17(3)25(21,22)14-12(19)8(5-24-14)15-10-7(2)11(18)13(10)20;1-5-3-7(11-16-5)12(2)18(14,15)9-8(13)6(10)4-17-9;1-3-4(2)6(8)5(3)7;/h4-5,15,19H,1-3H3;3-4,13H,10H2,1-2H3;1-2H3;1H4. The van der Waals surface area contributed by atoms with Gasteiger partial charge in [0.25, 0.3) is 20.0 Å². The Morgan fingerprint density at radius 1 is 0.692 bits per heavy atom. The van der Waals surface area contributed by atoms with E-state index in [2.05, 4.69) is 15.6 Å². The van der Waals surface area contributed by atoms with E-state index in [0.717, 1.165) is 31.3 Å². The van der Waals surface area contributed by atoms with Crippen LogP contribution in [0.5, 0.6) is 11.5 Å². The minimum Gasteiger partial charge on any atom is -0.504 e. The SMILES string of the molecule is C.Cc1c(C)c(=O)c1=O.Cc1cc(N(C)S(=O)(=O)c2scc(N)c2O)no1.Cc1cc(N(C)S(=O)(=O)c2scc(Nc3c(C)c(=O)c3=O)c2O)no1. The fourth-order valence-corrected chi connectivity index (χ4v) is 9.05. The molecule has 6 aromatic rings. The fourth-order valence-electron chi connectivity index (χ4n) is 4.04. The second-order valence-corrected chi connectivity index (χ2v) is 16.9. The zero-order valence-corrected chi connectivity index (χ0v) is 31.1. The van der Waals surface area contributed by atoms with Gasteiger partial charge < -0.3 is 30.3 Å². The molecule has 0 aliphatic carbocycles. The summed E-state index contributed by atoms with van der Waals surface area (Å²) < 4.78 is 60.7. The first-order valence-electron chi connectivity index (χ1n) is 14.2. The summed E-state index contributed by atoms with van der Waals surface area (Å²) in [6, 6.07) is 2.92. The highest BCUT2D eigenvalue weighted by atomic mass is 32.3. The van der Waals surface area contributed by atoms with Crippen molar-refractivity contribution in [2.45, 2.75) is 50.5 Å². The number of nitrogen functional groups attached to an aromatic ring is 1. The molecule has 0 saturated heterocycles. The predicted molar refractivity (Wildman–Crippen MR) is 197 cm³/mol. The molecule has 5 N–H and O–H groups in total. The summed E-state index contributed by atoms with van der Waals surface area (Å²) in [4.78, 5) is 43.5. The van der Waals surface area contributed by atoms with E-state index in [1.807, 2.05) is 0 Å². The average Bonchev–Trinajstić information content (AvgIpc) is 3.90. The summed E-state index contributed by atoms with van der Waals surface area (Å²) in [5.41, 5.74) is 5.06. The first-order chi connectivity index (χ1) is 23.6. The predicted octanol–water partition coefficient (Wildman–Crippen LogP) is 2.92. The molecule has 0 aliphatic heterocycles. The van der Waals surface area contributed by atoms with Gasteiger partial charge in [-0.15, -0.1) is 22.7 Å². The number of sulfonamides is 2. The number of thiophene rings is 2. The summed E-state index contributed by atoms with van der Waals surface area (Å²) in [7, 11) is -5.37. The van der Waals surface area contributed by atoms with Crippen molar-refractivity contribution in [2.24, 2.45) is 0 Å². The summed E-state index contributed by atoms with van der Waals surface area (Å²) in [5.74, 6) is 0.154. The van der Waals surface area contributed by atoms with Gasteiger partial charge >= 0.3 is 0 Å². The van der Waals surface area contributed by atoms with Crippen LogP contribution in [-0.4, -0.2) is 51.5 Å². The van der Waals surface area contributed by atoms with Crippen molar-refractivity contribution in [3.63, 3.8) is 0 Å². The second kappa shape index (κ2) is 15.1. The highest BCUT2D eigenvalue weighted by Gasteiger charge is 2.31. The zero-order valence-electron chi connectivity index (χ0n) is 27.8. The van der Waals surface area contributed by atoms with E-state index >= 15 is 0 Å². The molecule has 0 amide bonds. The monoisotopic (exact) mass is 798 g/mol. The van der Waals surface area contributed by atoms with Gasteiger partial charge in [0.2, 0.25) is 21.7 Å². The number of nitrogens with zero attached hydrogens (tertiary/aromatic N) is 4. The summed E-state index contributed by atoms with van der Waals surface area (Å²) >= 11 is 1.62. The third-order valence-electron chi connectivity index (χ3n) is 7.42. The lowest BCUT2D eigenvalue weighted by molar-refractivity contribution is 0.398. The van der Waals surface area contributed by atoms with Gasteiger partial charge in [-0.3, -0.25) is 19.2 Å². The Balaban J connectivity index is 0.000000235. The maximum atomic E-state index is 12.7. The number of aromatic nitrogens is 2. The van der Waals surface area contributed by atoms with Crippen molar-refractivity contribution >= 4 is 71.4 Å². The Morgan fingerprint density at radius 3 is 1.44 bits per heavy atom. The average molecular weight is 799 g/mol. The Bertz CT molecular complexity index is 2590. The van der Waals surface area contributed by atoms with Crippen LogP contribution >= 0.6 is 22.7 Å². The molecule has 0 bridgehead atoms. The first kappa shape index (κ1) is 41.1. The molecule has 0 unspecified atom stereocenters. The number of anilines is 5. The minimum absolute atomic E-state index is 0. The number of rotatable bonds is 8. The van der Waals surface area contributed by atoms with Crippen molar-refractivity contribution in [3.05, 3.63) is 92.0 Å². The molecule has 6 rings (SSSR count). The third kappa shape index (κ3) is 7.49. The molecule has 0 aliphatic rings. The van der Waals surface area contributed by atoms with E-state index in [4.69, 9.17) is 14.8 Å². The fraction of sp³-hybridized carbons (Fsp3) is 0.267. The maximum Gasteiger partial charge on any atom is 0.278 e. The number of hydrogen-bond acceptors (Lipinski definition) is 18. The van der Waals surface area contributed by atoms with Gasteiger partial charge in [0.15, 0.2) is 31.6 Å². The van der Waals surface area contributed by atoms with Crippen LogP contribution < -0.4 is 41.4 Å². The van der Waals surface area contributed by atoms with Crippen LogP contribution in [0, 0.1) is 34.6 Å². The molecule has 0 fully saturated rings. The molecule has 0 spiro atoms. The Hall–Kier alpha value is -5.32. The van der Waals surface area contributed by atoms with Crippen LogP contribution in [0.4, 0.5) is 28.7 Å². The zero-order chi connectivity index (χ0) is 38.3. The van der Waals surface area contributed by atoms with E-state index in [0.29, 0.717) is 22.6 Å². The lowest BCUT2D eigenvalue weighted by Crippen LogP contribution is -2.36. The molecule has 4 aromatic heterocycles. The van der Waals surface area contributed by atoms with E-state index < -0.39 is 42.4 Å². The van der Waals surface area contributed by atoms with Crippen LogP contribution in [-0.2, 0) is 20.0 Å². The number of nitrogens with one attached hydrogen (secondary N) is 1. The largest absolute Gasteiger partial charge is 0.504 e. The minimum atomic E-state index is -4.08. The van der Waals surface area contributed by atoms with Crippen LogP contribution in [0.2, 0.25) is 0 Å². The molecule has 280 valence electrons. The first-order valence-corrected chi connectivity index (χ1v) is 18.8. The van der Waals surface area contributed by atoms with E-state index in [1.54, 1.807) is 27.7 Å². The van der Waals surface area contributed by atoms with Gasteiger partial charge in [-0.25, -0.2) is 8.61 Å². The van der Waals surface area contributed by atoms with Crippen molar-refractivity contribution in [2.75, 3.05) is 33.8 Å². The molecular weight excluding hydrogens is 765 g/mol. The molecule has 0 radical (unpaired) electrons. The van der Waals surface area contributed by atoms with E-state index in [9.17, 15) is 46.2 Å². The van der Waals surface area contributed by atoms with Gasteiger partial charge in [-0.2, -0.15) is 16.8 Å². The maximum absolute atomic E-state index is 12.7. The van der Waals surface area contributed by atoms with Crippen molar-refractivity contribution < 1.29 is 36.1 Å². The molecule has 0 atom stereocenters. The molecular formula is C30H34N6O12S4. The molecule has 4 heterocycles. The van der Waals surface area contributed by atoms with Gasteiger partial charge in [0.1, 0.15) is 11.5 Å². The number of aromatic hydroxyl groups is 2. The Kier molecular flexibility index (Phi) is 11.9. The molecule has 22 heteroatoms. The molecule has 0 saturated carbocycles. The van der Waals surface area contributed by atoms with Crippen LogP contribution in [0.3, 0.4) is 0 Å². The second-order valence-electron chi connectivity index (χ2n) is 10.8. The van der Waals surface area contributed by atoms with E-state index in [1.165, 1.54) is 43.9 Å². The normalized spacial score (nSPS) is 11.3. The topological polar surface area (TPSA) is 274 Å².